The van der Waals surface area contributed by atoms with Crippen LogP contribution in [0.3, 0.4) is 0 Å². The minimum Gasteiger partial charge on any atom is -0.497 e. The van der Waals surface area contributed by atoms with Crippen molar-refractivity contribution in [3.8, 4) is 5.75 Å². The number of hydrogen-bond donors (Lipinski definition) is 0. The van der Waals surface area contributed by atoms with Crippen LogP contribution in [0.15, 0.2) is 115 Å². The molecular formula is C52H70O7Si2. The molecule has 0 amide bonds. The number of rotatable bonds is 19. The SMILES string of the molecule is COc1ccc(COC(/C=C\C[C@H](C)O[Si](c2ccccc2)(c2ccccc2)C(C)(C)C)[C@H]2OC(C)(C)O[C@H]2C/C=C/c2c(C)ccc(C)c2C(=O)OCC[Si](C)(C)C)cc1. The van der Waals surface area contributed by atoms with Gasteiger partial charge in [-0.05, 0) is 103 Å². The molecule has 0 spiro atoms. The van der Waals surface area contributed by atoms with Gasteiger partial charge in [0.25, 0.3) is 8.32 Å². The standard InChI is InChI=1S/C52H70O7Si2/c1-38-29-30-39(2)48(50(53)55-35-36-60(10,11)12)45(38)26-20-28-47-49(58-52(7,8)57-47)46(56-37-41-31-33-42(54-9)34-32-41)27-19-21-40(3)59-61(51(4,5)6,43-22-15-13-16-23-43)44-24-17-14-18-25-44/h13-20,22-27,29-34,40,46-47,49H,21,28,35-37H2,1-12H3/b26-20+,27-19-/t40-,46?,47-,49+/m0/s1. The van der Waals surface area contributed by atoms with E-state index in [4.69, 9.17) is 28.1 Å². The zero-order valence-electron chi connectivity index (χ0n) is 38.7. The number of carbonyl (C=O) groups is 1. The summed E-state index contributed by atoms with van der Waals surface area (Å²) < 4.78 is 38.7. The molecule has 1 saturated heterocycles. The zero-order chi connectivity index (χ0) is 44.4. The zero-order valence-corrected chi connectivity index (χ0v) is 40.7. The van der Waals surface area contributed by atoms with E-state index in [-0.39, 0.29) is 23.2 Å². The molecule has 0 N–H and O–H groups in total. The number of benzene rings is 4. The van der Waals surface area contributed by atoms with Crippen LogP contribution in [0.2, 0.25) is 30.7 Å². The van der Waals surface area contributed by atoms with Crippen molar-refractivity contribution in [3.05, 3.63) is 143 Å². The van der Waals surface area contributed by atoms with E-state index < -0.39 is 34.4 Å². The van der Waals surface area contributed by atoms with Gasteiger partial charge in [0.15, 0.2) is 5.79 Å². The molecule has 1 aliphatic rings. The normalized spacial score (nSPS) is 18.1. The van der Waals surface area contributed by atoms with Crippen LogP contribution >= 0.6 is 0 Å². The van der Waals surface area contributed by atoms with Crippen LogP contribution in [0.5, 0.6) is 5.75 Å². The van der Waals surface area contributed by atoms with Crippen molar-refractivity contribution in [2.75, 3.05) is 13.7 Å². The van der Waals surface area contributed by atoms with Crippen molar-refractivity contribution in [1.29, 1.82) is 0 Å². The van der Waals surface area contributed by atoms with Crippen LogP contribution in [0, 0.1) is 13.8 Å². The van der Waals surface area contributed by atoms with E-state index in [0.717, 1.165) is 34.0 Å². The maximum Gasteiger partial charge on any atom is 0.339 e. The van der Waals surface area contributed by atoms with Crippen LogP contribution in [0.4, 0.5) is 0 Å². The second-order valence-electron chi connectivity index (χ2n) is 19.1. The Labute approximate surface area is 368 Å². The summed E-state index contributed by atoms with van der Waals surface area (Å²) in [5.74, 6) is -0.310. The maximum atomic E-state index is 13.5. The average molecular weight is 863 g/mol. The second-order valence-corrected chi connectivity index (χ2v) is 29.0. The molecule has 4 aromatic carbocycles. The lowest BCUT2D eigenvalue weighted by atomic mass is 9.96. The molecule has 9 heteroatoms. The van der Waals surface area contributed by atoms with Crippen LogP contribution < -0.4 is 15.1 Å². The van der Waals surface area contributed by atoms with E-state index in [9.17, 15) is 4.79 Å². The third kappa shape index (κ3) is 12.7. The molecule has 4 aromatic rings. The summed E-state index contributed by atoms with van der Waals surface area (Å²) in [6.45, 7) is 24.7. The van der Waals surface area contributed by atoms with Gasteiger partial charge < -0.3 is 28.1 Å². The van der Waals surface area contributed by atoms with Gasteiger partial charge in [-0.2, -0.15) is 0 Å². The van der Waals surface area contributed by atoms with Crippen molar-refractivity contribution in [1.82, 2.24) is 0 Å². The highest BCUT2D eigenvalue weighted by molar-refractivity contribution is 6.99. The van der Waals surface area contributed by atoms with Gasteiger partial charge in [0.05, 0.1) is 32.0 Å². The number of methoxy groups -OCH3 is 1. The smallest absolute Gasteiger partial charge is 0.339 e. The number of ether oxygens (including phenoxy) is 5. The van der Waals surface area contributed by atoms with Crippen LogP contribution in [0.25, 0.3) is 6.08 Å². The van der Waals surface area contributed by atoms with Crippen molar-refractivity contribution in [2.24, 2.45) is 0 Å². The minimum atomic E-state index is -2.74. The van der Waals surface area contributed by atoms with Crippen LogP contribution in [0.1, 0.15) is 87.0 Å². The highest BCUT2D eigenvalue weighted by Crippen LogP contribution is 2.38. The Bertz CT molecular complexity index is 2030. The summed E-state index contributed by atoms with van der Waals surface area (Å²) in [7, 11) is -2.43. The van der Waals surface area contributed by atoms with E-state index in [1.165, 1.54) is 10.4 Å². The lowest BCUT2D eigenvalue weighted by Gasteiger charge is -2.44. The highest BCUT2D eigenvalue weighted by Gasteiger charge is 2.51. The highest BCUT2D eigenvalue weighted by atomic mass is 28.4. The first-order valence-corrected chi connectivity index (χ1v) is 27.4. The molecule has 0 saturated carbocycles. The Morgan fingerprint density at radius 3 is 2.02 bits per heavy atom. The van der Waals surface area contributed by atoms with Gasteiger partial charge in [0.2, 0.25) is 0 Å². The van der Waals surface area contributed by atoms with Gasteiger partial charge >= 0.3 is 5.97 Å². The van der Waals surface area contributed by atoms with Gasteiger partial charge in [-0.3, -0.25) is 0 Å². The maximum absolute atomic E-state index is 13.5. The summed E-state index contributed by atoms with van der Waals surface area (Å²) in [5.41, 5.74) is 4.42. The number of hydrogen-bond acceptors (Lipinski definition) is 7. The predicted molar refractivity (Wildman–Crippen MR) is 255 cm³/mol. The summed E-state index contributed by atoms with van der Waals surface area (Å²) in [5, 5.41) is 2.38. The predicted octanol–water partition coefficient (Wildman–Crippen LogP) is 11.2. The van der Waals surface area contributed by atoms with Gasteiger partial charge in [0, 0.05) is 14.2 Å². The molecule has 0 bridgehead atoms. The monoisotopic (exact) mass is 862 g/mol. The van der Waals surface area contributed by atoms with Crippen molar-refractivity contribution in [3.63, 3.8) is 0 Å². The average Bonchev–Trinajstić information content (AvgIpc) is 3.52. The molecule has 5 rings (SSSR count). The van der Waals surface area contributed by atoms with E-state index in [1.807, 2.05) is 64.1 Å². The topological polar surface area (TPSA) is 72.5 Å². The molecule has 0 aromatic heterocycles. The Morgan fingerprint density at radius 2 is 1.44 bits per heavy atom. The first-order valence-electron chi connectivity index (χ1n) is 21.8. The molecule has 7 nitrogen and oxygen atoms in total. The largest absolute Gasteiger partial charge is 0.497 e. The van der Waals surface area contributed by atoms with E-state index in [2.05, 4.69) is 132 Å². The van der Waals surface area contributed by atoms with Crippen LogP contribution in [-0.4, -0.2) is 66.3 Å². The van der Waals surface area contributed by atoms with E-state index in [0.29, 0.717) is 31.6 Å². The fourth-order valence-corrected chi connectivity index (χ4v) is 13.5. The number of aryl methyl sites for hydroxylation is 2. The van der Waals surface area contributed by atoms with Gasteiger partial charge in [0.1, 0.15) is 18.0 Å². The van der Waals surface area contributed by atoms with Gasteiger partial charge in [-0.25, -0.2) is 4.79 Å². The summed E-state index contributed by atoms with van der Waals surface area (Å²) >= 11 is 0. The molecule has 61 heavy (non-hydrogen) atoms. The van der Waals surface area contributed by atoms with E-state index in [1.54, 1.807) is 7.11 Å². The molecule has 1 fully saturated rings. The molecule has 0 aliphatic carbocycles. The van der Waals surface area contributed by atoms with Crippen molar-refractivity contribution in [2.45, 2.75) is 136 Å². The quantitative estimate of drug-likeness (QED) is 0.0528. The fourth-order valence-electron chi connectivity index (χ4n) is 8.10. The molecule has 0 radical (unpaired) electrons. The number of esters is 1. The Hall–Kier alpha value is -4.10. The second kappa shape index (κ2) is 20.8. The summed E-state index contributed by atoms with van der Waals surface area (Å²) in [6, 6.07) is 34.4. The third-order valence-corrected chi connectivity index (χ3v) is 18.2. The van der Waals surface area contributed by atoms with Crippen LogP contribution in [-0.2, 0) is 30.0 Å². The lowest BCUT2D eigenvalue weighted by molar-refractivity contribution is -0.156. The first-order chi connectivity index (χ1) is 28.8. The van der Waals surface area contributed by atoms with Gasteiger partial charge in [-0.1, -0.05) is 150 Å². The molecule has 1 heterocycles. The van der Waals surface area contributed by atoms with Gasteiger partial charge in [-0.15, -0.1) is 0 Å². The fraction of sp³-hybridized carbons (Fsp3) is 0.442. The Morgan fingerprint density at radius 1 is 0.836 bits per heavy atom. The molecule has 328 valence electrons. The first kappa shape index (κ1) is 47.9. The summed E-state index contributed by atoms with van der Waals surface area (Å²) in [6.07, 6.45) is 8.41. The molecule has 1 aliphatic heterocycles. The van der Waals surface area contributed by atoms with Crippen molar-refractivity contribution >= 4 is 38.8 Å². The number of carbonyl (C=O) groups excluding carboxylic acids is 1. The lowest BCUT2D eigenvalue weighted by Crippen LogP contribution is -2.67. The summed E-state index contributed by atoms with van der Waals surface area (Å²) in [4.78, 5) is 13.5. The third-order valence-electron chi connectivity index (χ3n) is 11.3. The van der Waals surface area contributed by atoms with Crippen molar-refractivity contribution < 1.29 is 32.9 Å². The van der Waals surface area contributed by atoms with E-state index >= 15 is 0 Å². The minimum absolute atomic E-state index is 0.0882. The molecule has 4 atom stereocenters. The Balaban J connectivity index is 1.41. The Kier molecular flexibility index (Phi) is 16.4. The molecule has 1 unspecified atom stereocenters. The molecular weight excluding hydrogens is 793 g/mol.